The fourth-order valence-corrected chi connectivity index (χ4v) is 2.57. The summed E-state index contributed by atoms with van der Waals surface area (Å²) in [7, 11) is 1.74. The first-order valence-electron chi connectivity index (χ1n) is 6.64. The van der Waals surface area contributed by atoms with Crippen LogP contribution in [0.1, 0.15) is 34.7 Å². The molecule has 1 fully saturated rings. The molecule has 19 heavy (non-hydrogen) atoms. The summed E-state index contributed by atoms with van der Waals surface area (Å²) in [6.45, 7) is 5.48. The zero-order valence-electron chi connectivity index (χ0n) is 11.5. The van der Waals surface area contributed by atoms with Crippen molar-refractivity contribution in [2.24, 2.45) is 5.92 Å². The van der Waals surface area contributed by atoms with E-state index in [-0.39, 0.29) is 5.76 Å². The number of carboxylic acid groups (broad SMARTS) is 1. The molecule has 2 heterocycles. The van der Waals surface area contributed by atoms with Crippen LogP contribution in [0.2, 0.25) is 0 Å². The SMILES string of the molecule is COCC1CCN(Cc2cc(C(=O)O)oc2C)CC1. The van der Waals surface area contributed by atoms with Gasteiger partial charge in [0, 0.05) is 25.8 Å². The first-order chi connectivity index (χ1) is 9.10. The molecule has 5 heteroatoms. The highest BCUT2D eigenvalue weighted by atomic mass is 16.5. The number of furan rings is 1. The second kappa shape index (κ2) is 6.21. The maximum absolute atomic E-state index is 10.9. The van der Waals surface area contributed by atoms with E-state index in [0.717, 1.165) is 44.6 Å². The lowest BCUT2D eigenvalue weighted by atomic mass is 9.97. The summed E-state index contributed by atoms with van der Waals surface area (Å²) < 4.78 is 10.4. The van der Waals surface area contributed by atoms with Gasteiger partial charge in [-0.15, -0.1) is 0 Å². The summed E-state index contributed by atoms with van der Waals surface area (Å²) in [5.74, 6) is 0.382. The maximum atomic E-state index is 10.9. The highest BCUT2D eigenvalue weighted by Crippen LogP contribution is 2.22. The molecule has 1 aliphatic heterocycles. The average Bonchev–Trinajstić information content (AvgIpc) is 2.74. The highest BCUT2D eigenvalue weighted by Gasteiger charge is 2.21. The van der Waals surface area contributed by atoms with Crippen LogP contribution in [0.5, 0.6) is 0 Å². The predicted octanol–water partition coefficient (Wildman–Crippen LogP) is 2.14. The van der Waals surface area contributed by atoms with E-state index in [1.54, 1.807) is 13.2 Å². The van der Waals surface area contributed by atoms with E-state index >= 15 is 0 Å². The van der Waals surface area contributed by atoms with Gasteiger partial charge in [-0.3, -0.25) is 4.90 Å². The van der Waals surface area contributed by atoms with Crippen LogP contribution in [0.15, 0.2) is 10.5 Å². The third kappa shape index (κ3) is 3.58. The molecule has 5 nitrogen and oxygen atoms in total. The number of hydrogen-bond donors (Lipinski definition) is 1. The number of aromatic carboxylic acids is 1. The molecule has 0 atom stereocenters. The van der Waals surface area contributed by atoms with Gasteiger partial charge in [0.2, 0.25) is 5.76 Å². The van der Waals surface area contributed by atoms with Crippen molar-refractivity contribution < 1.29 is 19.1 Å². The zero-order chi connectivity index (χ0) is 13.8. The molecular formula is C14H21NO4. The van der Waals surface area contributed by atoms with E-state index in [9.17, 15) is 4.79 Å². The number of nitrogens with zero attached hydrogens (tertiary/aromatic N) is 1. The standard InChI is InChI=1S/C14H21NO4/c1-10-12(7-13(19-10)14(16)17)8-15-5-3-11(4-6-15)9-18-2/h7,11H,3-6,8-9H2,1-2H3,(H,16,17). The number of aryl methyl sites for hydroxylation is 1. The van der Waals surface area contributed by atoms with Crippen LogP contribution in [-0.4, -0.2) is 42.8 Å². The van der Waals surface area contributed by atoms with Crippen molar-refractivity contribution in [1.29, 1.82) is 0 Å². The molecular weight excluding hydrogens is 246 g/mol. The van der Waals surface area contributed by atoms with E-state index in [1.165, 1.54) is 0 Å². The van der Waals surface area contributed by atoms with Gasteiger partial charge >= 0.3 is 5.97 Å². The molecule has 1 saturated heterocycles. The minimum Gasteiger partial charge on any atom is -0.475 e. The predicted molar refractivity (Wildman–Crippen MR) is 70.3 cm³/mol. The molecule has 2 rings (SSSR count). The number of carbonyl (C=O) groups is 1. The van der Waals surface area contributed by atoms with Crippen molar-refractivity contribution in [2.75, 3.05) is 26.8 Å². The van der Waals surface area contributed by atoms with Crippen molar-refractivity contribution in [3.63, 3.8) is 0 Å². The van der Waals surface area contributed by atoms with Gasteiger partial charge in [0.1, 0.15) is 5.76 Å². The average molecular weight is 267 g/mol. The molecule has 0 radical (unpaired) electrons. The van der Waals surface area contributed by atoms with Gasteiger partial charge in [-0.2, -0.15) is 0 Å². The Morgan fingerprint density at radius 1 is 1.53 bits per heavy atom. The molecule has 106 valence electrons. The van der Waals surface area contributed by atoms with Gasteiger partial charge in [-0.05, 0) is 44.8 Å². The first-order valence-corrected chi connectivity index (χ1v) is 6.64. The Bertz CT molecular complexity index is 433. The minimum atomic E-state index is -1.01. The van der Waals surface area contributed by atoms with Gasteiger partial charge < -0.3 is 14.3 Å². The van der Waals surface area contributed by atoms with Crippen LogP contribution in [0.4, 0.5) is 0 Å². The number of piperidine rings is 1. The third-order valence-corrected chi connectivity index (χ3v) is 3.73. The Morgan fingerprint density at radius 2 is 2.21 bits per heavy atom. The normalized spacial score (nSPS) is 17.8. The van der Waals surface area contributed by atoms with Gasteiger partial charge in [-0.1, -0.05) is 0 Å². The smallest absolute Gasteiger partial charge is 0.371 e. The Hall–Kier alpha value is -1.33. The molecule has 0 aromatic carbocycles. The lowest BCUT2D eigenvalue weighted by Crippen LogP contribution is -2.34. The van der Waals surface area contributed by atoms with Crippen molar-refractivity contribution in [3.05, 3.63) is 23.2 Å². The number of likely N-dealkylation sites (tertiary alicyclic amines) is 1. The van der Waals surface area contributed by atoms with Crippen molar-refractivity contribution in [1.82, 2.24) is 4.90 Å². The second-order valence-corrected chi connectivity index (χ2v) is 5.17. The zero-order valence-corrected chi connectivity index (χ0v) is 11.5. The summed E-state index contributed by atoms with van der Waals surface area (Å²) in [6.07, 6.45) is 2.27. The fourth-order valence-electron chi connectivity index (χ4n) is 2.57. The highest BCUT2D eigenvalue weighted by molar-refractivity contribution is 5.84. The van der Waals surface area contributed by atoms with E-state index < -0.39 is 5.97 Å². The van der Waals surface area contributed by atoms with E-state index in [1.807, 2.05) is 6.92 Å². The molecule has 0 bridgehead atoms. The Kier molecular flexibility index (Phi) is 4.61. The number of methoxy groups -OCH3 is 1. The number of carboxylic acids is 1. The minimum absolute atomic E-state index is 0.0294. The summed E-state index contributed by atoms with van der Waals surface area (Å²) in [5.41, 5.74) is 0.975. The van der Waals surface area contributed by atoms with Gasteiger partial charge in [0.05, 0.1) is 0 Å². The first kappa shape index (κ1) is 14.1. The van der Waals surface area contributed by atoms with Gasteiger partial charge in [0.15, 0.2) is 0 Å². The van der Waals surface area contributed by atoms with Crippen LogP contribution in [0.25, 0.3) is 0 Å². The summed E-state index contributed by atoms with van der Waals surface area (Å²) in [6, 6.07) is 1.64. The monoisotopic (exact) mass is 267 g/mol. The Morgan fingerprint density at radius 3 is 2.74 bits per heavy atom. The Labute approximate surface area is 113 Å². The quantitative estimate of drug-likeness (QED) is 0.885. The van der Waals surface area contributed by atoms with Crippen LogP contribution in [-0.2, 0) is 11.3 Å². The van der Waals surface area contributed by atoms with E-state index in [2.05, 4.69) is 4.90 Å². The van der Waals surface area contributed by atoms with Crippen LogP contribution < -0.4 is 0 Å². The number of ether oxygens (including phenoxy) is 1. The summed E-state index contributed by atoms with van der Waals surface area (Å²) >= 11 is 0. The maximum Gasteiger partial charge on any atom is 0.371 e. The molecule has 1 N–H and O–H groups in total. The van der Waals surface area contributed by atoms with Crippen molar-refractivity contribution in [2.45, 2.75) is 26.3 Å². The topological polar surface area (TPSA) is 62.9 Å². The molecule has 0 unspecified atom stereocenters. The van der Waals surface area contributed by atoms with E-state index in [0.29, 0.717) is 11.7 Å². The summed E-state index contributed by atoms with van der Waals surface area (Å²) in [5, 5.41) is 8.90. The molecule has 1 aromatic heterocycles. The second-order valence-electron chi connectivity index (χ2n) is 5.17. The summed E-state index contributed by atoms with van der Waals surface area (Å²) in [4.78, 5) is 13.2. The lowest BCUT2D eigenvalue weighted by Gasteiger charge is -2.31. The number of rotatable bonds is 5. The number of hydrogen-bond acceptors (Lipinski definition) is 4. The van der Waals surface area contributed by atoms with E-state index in [4.69, 9.17) is 14.3 Å². The molecule has 1 aromatic rings. The fraction of sp³-hybridized carbons (Fsp3) is 0.643. The molecule has 0 saturated carbocycles. The van der Waals surface area contributed by atoms with Crippen molar-refractivity contribution >= 4 is 5.97 Å². The third-order valence-electron chi connectivity index (χ3n) is 3.73. The molecule has 0 spiro atoms. The van der Waals surface area contributed by atoms with Crippen LogP contribution in [0, 0.1) is 12.8 Å². The molecule has 0 aliphatic carbocycles. The van der Waals surface area contributed by atoms with Crippen LogP contribution >= 0.6 is 0 Å². The molecule has 0 amide bonds. The van der Waals surface area contributed by atoms with Crippen LogP contribution in [0.3, 0.4) is 0 Å². The lowest BCUT2D eigenvalue weighted by molar-refractivity contribution is 0.0661. The Balaban J connectivity index is 1.90. The largest absolute Gasteiger partial charge is 0.475 e. The van der Waals surface area contributed by atoms with Crippen molar-refractivity contribution in [3.8, 4) is 0 Å². The molecule has 1 aliphatic rings. The van der Waals surface area contributed by atoms with Gasteiger partial charge in [0.25, 0.3) is 0 Å². The van der Waals surface area contributed by atoms with Gasteiger partial charge in [-0.25, -0.2) is 4.79 Å².